The van der Waals surface area contributed by atoms with E-state index in [2.05, 4.69) is 20.3 Å². The quantitative estimate of drug-likeness (QED) is 0.878. The maximum absolute atomic E-state index is 13.3. The Bertz CT molecular complexity index is 738. The maximum Gasteiger partial charge on any atom is 0.251 e. The SMILES string of the molecule is Cn1ccc(NC(=O)C2(n3ccnc3)CCN(CC3CCCCC3)CC2)n1. The molecule has 1 N–H and O–H groups in total. The number of piperidine rings is 1. The van der Waals surface area contributed by atoms with Crippen LogP contribution in [0.25, 0.3) is 0 Å². The van der Waals surface area contributed by atoms with Crippen LogP contribution in [0.4, 0.5) is 5.82 Å². The van der Waals surface area contributed by atoms with Gasteiger partial charge in [0.2, 0.25) is 0 Å². The second kappa shape index (κ2) is 7.84. The first-order valence-corrected chi connectivity index (χ1v) is 10.2. The highest BCUT2D eigenvalue weighted by Gasteiger charge is 2.43. The van der Waals surface area contributed by atoms with Crippen LogP contribution in [-0.2, 0) is 17.4 Å². The molecule has 1 aliphatic heterocycles. The molecule has 2 aliphatic rings. The van der Waals surface area contributed by atoms with Crippen molar-refractivity contribution in [2.75, 3.05) is 25.0 Å². The number of aryl methyl sites for hydroxylation is 1. The minimum Gasteiger partial charge on any atom is -0.322 e. The zero-order valence-electron chi connectivity index (χ0n) is 16.2. The summed E-state index contributed by atoms with van der Waals surface area (Å²) in [5.41, 5.74) is -0.586. The molecule has 0 aromatic carbocycles. The van der Waals surface area contributed by atoms with E-state index in [1.54, 1.807) is 17.2 Å². The molecular weight excluding hydrogens is 340 g/mol. The summed E-state index contributed by atoms with van der Waals surface area (Å²) < 4.78 is 3.69. The van der Waals surface area contributed by atoms with Gasteiger partial charge in [-0.1, -0.05) is 19.3 Å². The van der Waals surface area contributed by atoms with E-state index < -0.39 is 5.54 Å². The molecule has 1 aliphatic carbocycles. The van der Waals surface area contributed by atoms with Crippen molar-refractivity contribution < 1.29 is 4.79 Å². The third kappa shape index (κ3) is 3.93. The zero-order chi connectivity index (χ0) is 18.7. The molecular formula is C20H30N6O. The lowest BCUT2D eigenvalue weighted by molar-refractivity contribution is -0.127. The molecule has 2 aromatic heterocycles. The van der Waals surface area contributed by atoms with Crippen molar-refractivity contribution in [1.29, 1.82) is 0 Å². The topological polar surface area (TPSA) is 68.0 Å². The number of aromatic nitrogens is 4. The van der Waals surface area contributed by atoms with Crippen LogP contribution in [-0.4, -0.2) is 49.8 Å². The second-order valence-corrected chi connectivity index (χ2v) is 8.13. The van der Waals surface area contributed by atoms with Gasteiger partial charge in [-0.15, -0.1) is 0 Å². The highest BCUT2D eigenvalue weighted by molar-refractivity contribution is 5.96. The molecule has 0 radical (unpaired) electrons. The average molecular weight is 371 g/mol. The summed E-state index contributed by atoms with van der Waals surface area (Å²) >= 11 is 0. The van der Waals surface area contributed by atoms with E-state index in [-0.39, 0.29) is 5.91 Å². The number of hydrogen-bond donors (Lipinski definition) is 1. The molecule has 27 heavy (non-hydrogen) atoms. The fourth-order valence-corrected chi connectivity index (χ4v) is 4.67. The second-order valence-electron chi connectivity index (χ2n) is 8.13. The Labute approximate surface area is 160 Å². The predicted molar refractivity (Wildman–Crippen MR) is 104 cm³/mol. The summed E-state index contributed by atoms with van der Waals surface area (Å²) in [6.07, 6.45) is 15.8. The Kier molecular flexibility index (Phi) is 5.29. The van der Waals surface area contributed by atoms with Crippen molar-refractivity contribution in [2.45, 2.75) is 50.5 Å². The number of nitrogens with zero attached hydrogens (tertiary/aromatic N) is 5. The molecule has 1 saturated carbocycles. The molecule has 0 bridgehead atoms. The van der Waals surface area contributed by atoms with E-state index in [1.807, 2.05) is 30.1 Å². The van der Waals surface area contributed by atoms with Gasteiger partial charge in [-0.05, 0) is 31.6 Å². The highest BCUT2D eigenvalue weighted by Crippen LogP contribution is 2.33. The van der Waals surface area contributed by atoms with Gasteiger partial charge in [0.15, 0.2) is 5.82 Å². The van der Waals surface area contributed by atoms with Crippen molar-refractivity contribution in [3.05, 3.63) is 31.0 Å². The molecule has 2 fully saturated rings. The molecule has 7 heteroatoms. The van der Waals surface area contributed by atoms with E-state index in [9.17, 15) is 4.79 Å². The van der Waals surface area contributed by atoms with Crippen LogP contribution in [0.3, 0.4) is 0 Å². The third-order valence-electron chi connectivity index (χ3n) is 6.30. The van der Waals surface area contributed by atoms with Gasteiger partial charge in [0.1, 0.15) is 5.54 Å². The summed E-state index contributed by atoms with van der Waals surface area (Å²) in [6, 6.07) is 1.83. The first-order valence-electron chi connectivity index (χ1n) is 10.2. The van der Waals surface area contributed by atoms with Gasteiger partial charge in [-0.2, -0.15) is 5.10 Å². The number of likely N-dealkylation sites (tertiary alicyclic amines) is 1. The Balaban J connectivity index is 1.45. The van der Waals surface area contributed by atoms with Crippen LogP contribution in [0.1, 0.15) is 44.9 Å². The smallest absolute Gasteiger partial charge is 0.251 e. The fraction of sp³-hybridized carbons (Fsp3) is 0.650. The molecule has 3 heterocycles. The summed E-state index contributed by atoms with van der Waals surface area (Å²) in [7, 11) is 1.85. The number of carbonyl (C=O) groups is 1. The van der Waals surface area contributed by atoms with Gasteiger partial charge in [-0.3, -0.25) is 9.48 Å². The van der Waals surface area contributed by atoms with Gasteiger partial charge in [0.05, 0.1) is 6.33 Å². The van der Waals surface area contributed by atoms with Crippen molar-refractivity contribution in [3.8, 4) is 0 Å². The molecule has 0 spiro atoms. The van der Waals surface area contributed by atoms with Crippen molar-refractivity contribution >= 4 is 11.7 Å². The molecule has 1 amide bonds. The fourth-order valence-electron chi connectivity index (χ4n) is 4.67. The number of anilines is 1. The molecule has 7 nitrogen and oxygen atoms in total. The number of amides is 1. The first kappa shape index (κ1) is 18.2. The molecule has 146 valence electrons. The molecule has 0 atom stereocenters. The maximum atomic E-state index is 13.3. The van der Waals surface area contributed by atoms with E-state index in [1.165, 1.54) is 38.6 Å². The van der Waals surface area contributed by atoms with Crippen LogP contribution in [0.15, 0.2) is 31.0 Å². The van der Waals surface area contributed by atoms with E-state index in [0.717, 1.165) is 31.8 Å². The Hall–Kier alpha value is -2.15. The van der Waals surface area contributed by atoms with Crippen LogP contribution in [0.2, 0.25) is 0 Å². The van der Waals surface area contributed by atoms with Gasteiger partial charge in [0, 0.05) is 51.3 Å². The number of rotatable bonds is 5. The average Bonchev–Trinajstić information content (AvgIpc) is 3.36. The normalized spacial score (nSPS) is 21.2. The molecule has 1 saturated heterocycles. The van der Waals surface area contributed by atoms with Crippen LogP contribution in [0.5, 0.6) is 0 Å². The lowest BCUT2D eigenvalue weighted by Gasteiger charge is -2.42. The van der Waals surface area contributed by atoms with Crippen LogP contribution < -0.4 is 5.32 Å². The minimum atomic E-state index is -0.586. The summed E-state index contributed by atoms with van der Waals surface area (Å²) in [6.45, 7) is 3.08. The Morgan fingerprint density at radius 2 is 2.00 bits per heavy atom. The van der Waals surface area contributed by atoms with Gasteiger partial charge < -0.3 is 14.8 Å². The first-order chi connectivity index (χ1) is 13.2. The van der Waals surface area contributed by atoms with E-state index >= 15 is 0 Å². The number of nitrogens with one attached hydrogen (secondary N) is 1. The number of carbonyl (C=O) groups excluding carboxylic acids is 1. The van der Waals surface area contributed by atoms with E-state index in [4.69, 9.17) is 0 Å². The predicted octanol–water partition coefficient (Wildman–Crippen LogP) is 2.63. The van der Waals surface area contributed by atoms with Crippen molar-refractivity contribution in [3.63, 3.8) is 0 Å². The lowest BCUT2D eigenvalue weighted by atomic mass is 9.84. The third-order valence-corrected chi connectivity index (χ3v) is 6.30. The minimum absolute atomic E-state index is 0.0107. The van der Waals surface area contributed by atoms with Gasteiger partial charge in [0.25, 0.3) is 5.91 Å². The van der Waals surface area contributed by atoms with Crippen molar-refractivity contribution in [2.24, 2.45) is 13.0 Å². The molecule has 0 unspecified atom stereocenters. The Morgan fingerprint density at radius 3 is 2.63 bits per heavy atom. The molecule has 2 aromatic rings. The van der Waals surface area contributed by atoms with E-state index in [0.29, 0.717) is 5.82 Å². The number of imidazole rings is 1. The molecule has 4 rings (SSSR count). The van der Waals surface area contributed by atoms with Crippen LogP contribution in [0, 0.1) is 5.92 Å². The van der Waals surface area contributed by atoms with Crippen LogP contribution >= 0.6 is 0 Å². The van der Waals surface area contributed by atoms with Gasteiger partial charge >= 0.3 is 0 Å². The lowest BCUT2D eigenvalue weighted by Crippen LogP contribution is -2.53. The number of hydrogen-bond acceptors (Lipinski definition) is 4. The largest absolute Gasteiger partial charge is 0.322 e. The van der Waals surface area contributed by atoms with Crippen molar-refractivity contribution in [1.82, 2.24) is 24.2 Å². The van der Waals surface area contributed by atoms with Gasteiger partial charge in [-0.25, -0.2) is 4.98 Å². The zero-order valence-corrected chi connectivity index (χ0v) is 16.2. The highest BCUT2D eigenvalue weighted by atomic mass is 16.2. The Morgan fingerprint density at radius 1 is 1.22 bits per heavy atom. The monoisotopic (exact) mass is 370 g/mol. The summed E-state index contributed by atoms with van der Waals surface area (Å²) in [4.78, 5) is 20.0. The standard InChI is InChI=1S/C20H30N6O/c1-24-11-7-18(23-24)22-19(27)20(26-14-10-21-16-26)8-12-25(13-9-20)15-17-5-3-2-4-6-17/h7,10-11,14,16-17H,2-6,8-9,12-13,15H2,1H3,(H,22,23,27). The summed E-state index contributed by atoms with van der Waals surface area (Å²) in [5.74, 6) is 1.45. The summed E-state index contributed by atoms with van der Waals surface area (Å²) in [5, 5.41) is 7.32.